The zero-order valence-electron chi connectivity index (χ0n) is 24.4. The largest absolute Gasteiger partial charge is 0.463 e. The Morgan fingerprint density at radius 3 is 2.36 bits per heavy atom. The normalized spacial score (nSPS) is 14.8. The maximum Gasteiger partial charge on any atom is 0.338 e. The molecule has 0 spiro atoms. The second-order valence-corrected chi connectivity index (χ2v) is 12.6. The van der Waals surface area contributed by atoms with Crippen LogP contribution in [-0.2, 0) is 16.1 Å². The fourth-order valence-corrected chi connectivity index (χ4v) is 7.10. The fourth-order valence-electron chi connectivity index (χ4n) is 5.84. The van der Waals surface area contributed by atoms with Crippen LogP contribution < -0.4 is 14.9 Å². The lowest BCUT2D eigenvalue weighted by Crippen LogP contribution is -2.39. The van der Waals surface area contributed by atoms with Crippen LogP contribution >= 0.6 is 27.3 Å². The summed E-state index contributed by atoms with van der Waals surface area (Å²) in [7, 11) is 0. The molecular formula is C37H28BrN3O3S. The Morgan fingerprint density at radius 2 is 1.62 bits per heavy atom. The third-order valence-electron chi connectivity index (χ3n) is 7.86. The van der Waals surface area contributed by atoms with Gasteiger partial charge in [0.25, 0.3) is 5.56 Å². The number of carbonyl (C=O) groups is 1. The van der Waals surface area contributed by atoms with Crippen molar-refractivity contribution in [3.05, 3.63) is 167 Å². The van der Waals surface area contributed by atoms with Crippen LogP contribution in [0, 0.1) is 0 Å². The second-order valence-electron chi connectivity index (χ2n) is 10.7. The molecule has 2 aromatic heterocycles. The monoisotopic (exact) mass is 673 g/mol. The fraction of sp³-hybridized carbons (Fsp3) is 0.108. The van der Waals surface area contributed by atoms with Gasteiger partial charge in [0.15, 0.2) is 4.80 Å². The van der Waals surface area contributed by atoms with Crippen LogP contribution in [0.25, 0.3) is 22.7 Å². The molecule has 1 aliphatic heterocycles. The highest BCUT2D eigenvalue weighted by atomic mass is 79.9. The van der Waals surface area contributed by atoms with Gasteiger partial charge in [-0.3, -0.25) is 9.36 Å². The number of esters is 1. The highest BCUT2D eigenvalue weighted by Crippen LogP contribution is 2.35. The summed E-state index contributed by atoms with van der Waals surface area (Å²) in [5, 5.41) is 1.05. The van der Waals surface area contributed by atoms with E-state index in [-0.39, 0.29) is 12.2 Å². The number of rotatable bonds is 7. The molecule has 45 heavy (non-hydrogen) atoms. The van der Waals surface area contributed by atoms with Crippen molar-refractivity contribution in [3.8, 4) is 0 Å². The van der Waals surface area contributed by atoms with E-state index >= 15 is 0 Å². The molecule has 1 atom stereocenters. The van der Waals surface area contributed by atoms with E-state index in [1.165, 1.54) is 16.9 Å². The van der Waals surface area contributed by atoms with Gasteiger partial charge in [0.1, 0.15) is 0 Å². The van der Waals surface area contributed by atoms with Gasteiger partial charge in [-0.1, -0.05) is 118 Å². The first kappa shape index (κ1) is 29.0. The van der Waals surface area contributed by atoms with Gasteiger partial charge < -0.3 is 9.30 Å². The van der Waals surface area contributed by atoms with Crippen LogP contribution in [0.5, 0.6) is 0 Å². The second kappa shape index (κ2) is 12.3. The molecule has 1 aliphatic rings. The molecule has 0 bridgehead atoms. The molecule has 7 rings (SSSR count). The summed E-state index contributed by atoms with van der Waals surface area (Å²) in [6.07, 6.45) is 4.04. The van der Waals surface area contributed by atoms with E-state index in [2.05, 4.69) is 51.0 Å². The first-order valence-electron chi connectivity index (χ1n) is 14.7. The smallest absolute Gasteiger partial charge is 0.338 e. The van der Waals surface area contributed by atoms with Crippen molar-refractivity contribution < 1.29 is 9.53 Å². The van der Waals surface area contributed by atoms with Crippen molar-refractivity contribution in [1.82, 2.24) is 9.13 Å². The average Bonchev–Trinajstić information content (AvgIpc) is 3.58. The standard InChI is InChI=1S/C37H28BrN3O3S/c1-2-44-36(43)32-33(25-11-5-3-6-12-25)39-37-41(34(32)26-13-7-4-8-14-26)35(42)31(45-37)21-27-23-40(30-16-10-9-15-29(27)30)22-24-17-19-28(38)20-18-24/h3-21,23,34H,2,22H2,1H3/b31-21-/t34-/m0/s1. The Kier molecular flexibility index (Phi) is 7.92. The third-order valence-corrected chi connectivity index (χ3v) is 9.37. The van der Waals surface area contributed by atoms with Crippen molar-refractivity contribution >= 4 is 55.9 Å². The number of halogens is 1. The van der Waals surface area contributed by atoms with Crippen molar-refractivity contribution in [1.29, 1.82) is 0 Å². The van der Waals surface area contributed by atoms with E-state index in [0.29, 0.717) is 27.1 Å². The van der Waals surface area contributed by atoms with Gasteiger partial charge in [0.05, 0.1) is 28.5 Å². The van der Waals surface area contributed by atoms with Gasteiger partial charge >= 0.3 is 5.97 Å². The average molecular weight is 675 g/mol. The van der Waals surface area contributed by atoms with Gasteiger partial charge in [-0.25, -0.2) is 9.79 Å². The molecule has 4 aromatic carbocycles. The summed E-state index contributed by atoms with van der Waals surface area (Å²) >= 11 is 4.85. The van der Waals surface area contributed by atoms with Gasteiger partial charge in [-0.15, -0.1) is 0 Å². The van der Waals surface area contributed by atoms with Gasteiger partial charge in [-0.2, -0.15) is 0 Å². The van der Waals surface area contributed by atoms with Gasteiger partial charge in [0, 0.05) is 39.2 Å². The molecule has 0 N–H and O–H groups in total. The molecule has 0 unspecified atom stereocenters. The van der Waals surface area contributed by atoms with Crippen LogP contribution in [0.2, 0.25) is 0 Å². The minimum Gasteiger partial charge on any atom is -0.463 e. The zero-order chi connectivity index (χ0) is 30.9. The van der Waals surface area contributed by atoms with Crippen molar-refractivity contribution in [3.63, 3.8) is 0 Å². The molecule has 0 saturated carbocycles. The maximum absolute atomic E-state index is 14.3. The van der Waals surface area contributed by atoms with Crippen LogP contribution in [0.15, 0.2) is 135 Å². The van der Waals surface area contributed by atoms with Gasteiger partial charge in [-0.05, 0) is 42.3 Å². The Labute approximate surface area is 272 Å². The number of ether oxygens (including phenoxy) is 1. The number of thiazole rings is 1. The van der Waals surface area contributed by atoms with Crippen LogP contribution in [0.3, 0.4) is 0 Å². The third kappa shape index (κ3) is 5.52. The number of para-hydroxylation sites is 1. The van der Waals surface area contributed by atoms with Crippen LogP contribution in [0.4, 0.5) is 0 Å². The van der Waals surface area contributed by atoms with E-state index in [9.17, 15) is 9.59 Å². The Hall–Kier alpha value is -4.79. The Bertz CT molecular complexity index is 2250. The zero-order valence-corrected chi connectivity index (χ0v) is 26.8. The summed E-state index contributed by atoms with van der Waals surface area (Å²) in [4.78, 5) is 33.5. The minimum atomic E-state index is -0.697. The lowest BCUT2D eigenvalue weighted by Gasteiger charge is -2.25. The van der Waals surface area contributed by atoms with E-state index in [0.717, 1.165) is 32.1 Å². The number of aromatic nitrogens is 2. The maximum atomic E-state index is 14.3. The molecule has 8 heteroatoms. The number of nitrogens with zero attached hydrogens (tertiary/aromatic N) is 3. The summed E-state index contributed by atoms with van der Waals surface area (Å²) in [6.45, 7) is 2.68. The summed E-state index contributed by atoms with van der Waals surface area (Å²) < 4.78 is 11.0. The van der Waals surface area contributed by atoms with E-state index in [4.69, 9.17) is 9.73 Å². The Morgan fingerprint density at radius 1 is 0.933 bits per heavy atom. The molecule has 3 heterocycles. The minimum absolute atomic E-state index is 0.203. The van der Waals surface area contributed by atoms with Crippen molar-refractivity contribution in [2.24, 2.45) is 4.99 Å². The summed E-state index contributed by atoms with van der Waals surface area (Å²) in [5.41, 5.74) is 5.45. The quantitative estimate of drug-likeness (QED) is 0.177. The number of carbonyl (C=O) groups excluding carboxylic acids is 1. The van der Waals surface area contributed by atoms with Crippen LogP contribution in [-0.4, -0.2) is 21.7 Å². The molecule has 0 radical (unpaired) electrons. The molecule has 0 amide bonds. The van der Waals surface area contributed by atoms with E-state index in [1.54, 1.807) is 11.5 Å². The molecule has 0 fully saturated rings. The first-order chi connectivity index (χ1) is 22.0. The number of benzene rings is 4. The molecule has 6 aromatic rings. The predicted octanol–water partition coefficient (Wildman–Crippen LogP) is 6.70. The number of hydrogen-bond donors (Lipinski definition) is 0. The SMILES string of the molecule is CCOC(=O)C1=C(c2ccccc2)N=c2s/c(=C\c3cn(Cc4ccc(Br)cc4)c4ccccc34)c(=O)n2[C@H]1c1ccccc1. The number of hydrogen-bond acceptors (Lipinski definition) is 5. The molecule has 222 valence electrons. The molecule has 6 nitrogen and oxygen atoms in total. The predicted molar refractivity (Wildman–Crippen MR) is 183 cm³/mol. The molecule has 0 aliphatic carbocycles. The van der Waals surface area contributed by atoms with Crippen molar-refractivity contribution in [2.75, 3.05) is 6.61 Å². The van der Waals surface area contributed by atoms with E-state index in [1.807, 2.05) is 91.0 Å². The van der Waals surface area contributed by atoms with E-state index < -0.39 is 12.0 Å². The van der Waals surface area contributed by atoms with Gasteiger partial charge in [0.2, 0.25) is 0 Å². The lowest BCUT2D eigenvalue weighted by atomic mass is 9.93. The summed E-state index contributed by atoms with van der Waals surface area (Å²) in [5.74, 6) is -0.487. The van der Waals surface area contributed by atoms with Crippen molar-refractivity contribution in [2.45, 2.75) is 19.5 Å². The Balaban J connectivity index is 1.44. The summed E-state index contributed by atoms with van der Waals surface area (Å²) in [6, 6.07) is 35.0. The topological polar surface area (TPSA) is 65.6 Å². The lowest BCUT2D eigenvalue weighted by molar-refractivity contribution is -0.138. The highest BCUT2D eigenvalue weighted by molar-refractivity contribution is 9.10. The number of fused-ring (bicyclic) bond motifs is 2. The highest BCUT2D eigenvalue weighted by Gasteiger charge is 2.35. The molecule has 0 saturated heterocycles. The molecular weight excluding hydrogens is 646 g/mol. The van der Waals surface area contributed by atoms with Crippen LogP contribution in [0.1, 0.15) is 35.2 Å². The first-order valence-corrected chi connectivity index (χ1v) is 16.3.